The van der Waals surface area contributed by atoms with E-state index >= 15 is 0 Å². The molecular weight excluding hydrogens is 466 g/mol. The molecule has 0 saturated heterocycles. The van der Waals surface area contributed by atoms with Gasteiger partial charge in [0.25, 0.3) is 0 Å². The zero-order valence-electron chi connectivity index (χ0n) is 15.5. The van der Waals surface area contributed by atoms with Crippen molar-refractivity contribution < 1.29 is 9.53 Å². The lowest BCUT2D eigenvalue weighted by Crippen LogP contribution is -2.24. The molecule has 1 atom stereocenters. The monoisotopic (exact) mass is 490 g/mol. The lowest BCUT2D eigenvalue weighted by atomic mass is 10.0. The van der Waals surface area contributed by atoms with E-state index in [1.807, 2.05) is 32.1 Å². The Morgan fingerprint density at radius 1 is 0.963 bits per heavy atom. The highest BCUT2D eigenvalue weighted by atomic mass is 127. The molecule has 140 valence electrons. The Bertz CT molecular complexity index is 802. The first-order chi connectivity index (χ1) is 12.7. The van der Waals surface area contributed by atoms with Gasteiger partial charge in [-0.1, -0.05) is 85.0 Å². The molecule has 2 aromatic rings. The van der Waals surface area contributed by atoms with Crippen LogP contribution in [0.1, 0.15) is 13.8 Å². The average Bonchev–Trinajstić information content (AvgIpc) is 2.70. The van der Waals surface area contributed by atoms with Crippen LogP contribution in [0.4, 0.5) is 0 Å². The third-order valence-electron chi connectivity index (χ3n) is 4.36. The van der Waals surface area contributed by atoms with E-state index in [1.165, 1.54) is 10.6 Å². The SMILES string of the molecule is CCOC(=O)C(C)=C1C=CC=CC1P(c1ccccc1)c1ccccc1.I. The molecule has 0 N–H and O–H groups in total. The van der Waals surface area contributed by atoms with Crippen LogP contribution in [0.5, 0.6) is 0 Å². The van der Waals surface area contributed by atoms with Crippen LogP contribution in [-0.4, -0.2) is 18.2 Å². The summed E-state index contributed by atoms with van der Waals surface area (Å²) in [6, 6.07) is 21.1. The molecule has 27 heavy (non-hydrogen) atoms. The Hall–Kier alpha value is -1.71. The molecule has 0 radical (unpaired) electrons. The minimum Gasteiger partial charge on any atom is -0.463 e. The molecule has 0 fully saturated rings. The van der Waals surface area contributed by atoms with E-state index < -0.39 is 7.92 Å². The van der Waals surface area contributed by atoms with E-state index in [0.717, 1.165) is 5.57 Å². The number of benzene rings is 2. The van der Waals surface area contributed by atoms with Crippen molar-refractivity contribution in [3.63, 3.8) is 0 Å². The second-order valence-corrected chi connectivity index (χ2v) is 8.36. The van der Waals surface area contributed by atoms with Gasteiger partial charge in [0, 0.05) is 11.2 Å². The highest BCUT2D eigenvalue weighted by molar-refractivity contribution is 14.0. The Kier molecular flexibility index (Phi) is 8.46. The van der Waals surface area contributed by atoms with Crippen LogP contribution in [0.2, 0.25) is 0 Å². The highest BCUT2D eigenvalue weighted by Crippen LogP contribution is 2.45. The fourth-order valence-corrected chi connectivity index (χ4v) is 5.86. The fraction of sp³-hybridized carbons (Fsp3) is 0.174. The second kappa shape index (κ2) is 10.6. The number of carbonyl (C=O) groups is 1. The van der Waals surface area contributed by atoms with Gasteiger partial charge in [0.2, 0.25) is 0 Å². The summed E-state index contributed by atoms with van der Waals surface area (Å²) in [5, 5.41) is 2.60. The fourth-order valence-electron chi connectivity index (χ4n) is 3.11. The van der Waals surface area contributed by atoms with Crippen molar-refractivity contribution >= 4 is 48.5 Å². The van der Waals surface area contributed by atoms with Crippen molar-refractivity contribution in [1.82, 2.24) is 0 Å². The van der Waals surface area contributed by atoms with Gasteiger partial charge >= 0.3 is 5.97 Å². The first-order valence-electron chi connectivity index (χ1n) is 8.84. The molecule has 0 spiro atoms. The van der Waals surface area contributed by atoms with E-state index in [1.54, 1.807) is 0 Å². The third kappa shape index (κ3) is 5.18. The summed E-state index contributed by atoms with van der Waals surface area (Å²) >= 11 is 0. The predicted molar refractivity (Wildman–Crippen MR) is 126 cm³/mol. The maximum Gasteiger partial charge on any atom is 0.334 e. The maximum absolute atomic E-state index is 12.4. The topological polar surface area (TPSA) is 26.3 Å². The summed E-state index contributed by atoms with van der Waals surface area (Å²) in [5.74, 6) is -0.233. The first kappa shape index (κ1) is 21.6. The normalized spacial score (nSPS) is 17.4. The summed E-state index contributed by atoms with van der Waals surface area (Å²) in [6.07, 6.45) is 8.34. The standard InChI is InChI=1S/C23H23O2P.HI/c1-3-25-23(24)18(2)21-16-10-11-17-22(21)26(19-12-6-4-7-13-19)20-14-8-5-9-15-20;/h4-17,22H,3H2,1-2H3;1H. The molecule has 0 amide bonds. The molecule has 4 heteroatoms. The summed E-state index contributed by atoms with van der Waals surface area (Å²) < 4.78 is 5.25. The number of carbonyl (C=O) groups excluding carboxylic acids is 1. The van der Waals surface area contributed by atoms with Crippen LogP contribution >= 0.6 is 31.9 Å². The minimum atomic E-state index is -0.679. The van der Waals surface area contributed by atoms with Gasteiger partial charge in [-0.25, -0.2) is 4.79 Å². The van der Waals surface area contributed by atoms with Crippen LogP contribution in [0.3, 0.4) is 0 Å². The molecular formula is C23H24IO2P. The molecule has 0 aliphatic heterocycles. The van der Waals surface area contributed by atoms with Crippen LogP contribution in [0.25, 0.3) is 0 Å². The zero-order valence-corrected chi connectivity index (χ0v) is 18.8. The zero-order chi connectivity index (χ0) is 18.4. The Balaban J connectivity index is 0.00000261. The summed E-state index contributed by atoms with van der Waals surface area (Å²) in [4.78, 5) is 12.4. The van der Waals surface area contributed by atoms with E-state index in [9.17, 15) is 4.79 Å². The van der Waals surface area contributed by atoms with Gasteiger partial charge in [-0.05, 0) is 38.0 Å². The van der Waals surface area contributed by atoms with Gasteiger partial charge in [-0.2, -0.15) is 0 Å². The first-order valence-corrected chi connectivity index (χ1v) is 10.3. The molecule has 0 saturated carbocycles. The minimum absolute atomic E-state index is 0. The van der Waals surface area contributed by atoms with Crippen LogP contribution in [0, 0.1) is 0 Å². The van der Waals surface area contributed by atoms with Crippen LogP contribution in [-0.2, 0) is 9.53 Å². The number of hydrogen-bond acceptors (Lipinski definition) is 2. The van der Waals surface area contributed by atoms with Gasteiger partial charge in [-0.15, -0.1) is 24.0 Å². The van der Waals surface area contributed by atoms with E-state index in [-0.39, 0.29) is 35.6 Å². The van der Waals surface area contributed by atoms with Gasteiger partial charge in [-0.3, -0.25) is 0 Å². The molecule has 2 aromatic carbocycles. The molecule has 1 aliphatic carbocycles. The van der Waals surface area contributed by atoms with Gasteiger partial charge in [0.05, 0.1) is 6.61 Å². The van der Waals surface area contributed by atoms with Crippen molar-refractivity contribution in [3.05, 3.63) is 96.1 Å². The number of allylic oxidation sites excluding steroid dienone is 5. The average molecular weight is 490 g/mol. The summed E-state index contributed by atoms with van der Waals surface area (Å²) in [7, 11) is -0.679. The molecule has 1 aliphatic rings. The molecule has 0 heterocycles. The van der Waals surface area contributed by atoms with Crippen LogP contribution < -0.4 is 10.6 Å². The number of hydrogen-bond donors (Lipinski definition) is 0. The molecule has 0 bridgehead atoms. The molecule has 0 aromatic heterocycles. The van der Waals surface area contributed by atoms with Crippen molar-refractivity contribution in [2.75, 3.05) is 6.61 Å². The number of rotatable bonds is 5. The number of esters is 1. The van der Waals surface area contributed by atoms with Crippen molar-refractivity contribution in [3.8, 4) is 0 Å². The second-order valence-electron chi connectivity index (χ2n) is 6.03. The quantitative estimate of drug-likeness (QED) is 0.252. The Morgan fingerprint density at radius 2 is 1.52 bits per heavy atom. The number of halogens is 1. The van der Waals surface area contributed by atoms with Gasteiger partial charge in [0.1, 0.15) is 0 Å². The Labute approximate surface area is 179 Å². The highest BCUT2D eigenvalue weighted by Gasteiger charge is 2.28. The van der Waals surface area contributed by atoms with E-state index in [0.29, 0.717) is 12.2 Å². The van der Waals surface area contributed by atoms with Crippen molar-refractivity contribution in [1.29, 1.82) is 0 Å². The third-order valence-corrected chi connectivity index (χ3v) is 7.08. The largest absolute Gasteiger partial charge is 0.463 e. The maximum atomic E-state index is 12.4. The van der Waals surface area contributed by atoms with Crippen LogP contribution in [0.15, 0.2) is 96.1 Å². The molecule has 3 rings (SSSR count). The lowest BCUT2D eigenvalue weighted by Gasteiger charge is -2.29. The summed E-state index contributed by atoms with van der Waals surface area (Å²) in [5.41, 5.74) is 1.88. The summed E-state index contributed by atoms with van der Waals surface area (Å²) in [6.45, 7) is 4.10. The van der Waals surface area contributed by atoms with E-state index in [4.69, 9.17) is 4.74 Å². The van der Waals surface area contributed by atoms with Gasteiger partial charge in [0.15, 0.2) is 0 Å². The predicted octanol–water partition coefficient (Wildman–Crippen LogP) is 5.11. The van der Waals surface area contributed by atoms with Crippen molar-refractivity contribution in [2.45, 2.75) is 19.5 Å². The van der Waals surface area contributed by atoms with Crippen molar-refractivity contribution in [2.24, 2.45) is 0 Å². The van der Waals surface area contributed by atoms with Gasteiger partial charge < -0.3 is 4.74 Å². The van der Waals surface area contributed by atoms with E-state index in [2.05, 4.69) is 66.8 Å². The molecule has 2 nitrogen and oxygen atoms in total. The molecule has 1 unspecified atom stereocenters. The lowest BCUT2D eigenvalue weighted by molar-refractivity contribution is -0.138. The Morgan fingerprint density at radius 3 is 2.04 bits per heavy atom. The smallest absolute Gasteiger partial charge is 0.334 e. The number of ether oxygens (including phenoxy) is 1.